The summed E-state index contributed by atoms with van der Waals surface area (Å²) in [5.74, 6) is 0. The lowest BCUT2D eigenvalue weighted by Crippen LogP contribution is -2.12. The van der Waals surface area contributed by atoms with Gasteiger partial charge in [0, 0.05) is 16.8 Å². The maximum absolute atomic E-state index is 2.43. The Balaban J connectivity index is 1.20. The summed E-state index contributed by atoms with van der Waals surface area (Å²) >= 11 is 0. The van der Waals surface area contributed by atoms with E-state index in [1.807, 2.05) is 0 Å². The van der Waals surface area contributed by atoms with Gasteiger partial charge < -0.3 is 4.90 Å². The van der Waals surface area contributed by atoms with Gasteiger partial charge in [0.05, 0.1) is 11.4 Å². The van der Waals surface area contributed by atoms with E-state index in [0.717, 1.165) is 22.6 Å². The minimum atomic E-state index is 1.09. The van der Waals surface area contributed by atoms with E-state index in [4.69, 9.17) is 0 Å². The van der Waals surface area contributed by atoms with E-state index in [0.29, 0.717) is 0 Å². The molecule has 0 atom stereocenters. The van der Waals surface area contributed by atoms with Crippen molar-refractivity contribution in [1.82, 2.24) is 0 Å². The van der Waals surface area contributed by atoms with Gasteiger partial charge in [0.2, 0.25) is 0 Å². The van der Waals surface area contributed by atoms with Crippen molar-refractivity contribution in [2.45, 2.75) is 0 Å². The van der Waals surface area contributed by atoms with Crippen LogP contribution in [0.2, 0.25) is 0 Å². The second kappa shape index (κ2) is 14.3. The van der Waals surface area contributed by atoms with Crippen LogP contribution in [0.25, 0.3) is 66.4 Å². The van der Waals surface area contributed by atoms with Gasteiger partial charge in [-0.05, 0) is 85.6 Å². The van der Waals surface area contributed by atoms with Gasteiger partial charge in [-0.15, -0.1) is 0 Å². The zero-order chi connectivity index (χ0) is 35.4. The Morgan fingerprint density at radius 3 is 1.40 bits per heavy atom. The first-order valence-corrected chi connectivity index (χ1v) is 18.2. The number of hydrogen-bond acceptors (Lipinski definition) is 1. The molecule has 9 aromatic rings. The van der Waals surface area contributed by atoms with E-state index in [-0.39, 0.29) is 0 Å². The molecule has 0 N–H and O–H groups in total. The highest BCUT2D eigenvalue weighted by Gasteiger charge is 2.21. The van der Waals surface area contributed by atoms with Crippen LogP contribution in [-0.4, -0.2) is 0 Å². The second-order valence-electron chi connectivity index (χ2n) is 13.3. The Bertz CT molecular complexity index is 2650. The molecule has 1 nitrogen and oxygen atoms in total. The summed E-state index contributed by atoms with van der Waals surface area (Å²) in [7, 11) is 0. The number of rotatable bonds is 8. The summed E-state index contributed by atoms with van der Waals surface area (Å²) in [5, 5.41) is 2.50. The molecule has 0 radical (unpaired) electrons. The maximum atomic E-state index is 2.43. The molecule has 250 valence electrons. The first-order chi connectivity index (χ1) is 26.3. The second-order valence-corrected chi connectivity index (χ2v) is 13.3. The van der Waals surface area contributed by atoms with Gasteiger partial charge in [0.15, 0.2) is 0 Å². The topological polar surface area (TPSA) is 3.24 Å². The molecular formula is C52H37N. The van der Waals surface area contributed by atoms with Crippen molar-refractivity contribution in [3.05, 3.63) is 224 Å². The number of fused-ring (bicyclic) bond motifs is 1. The van der Waals surface area contributed by atoms with Gasteiger partial charge in [0.1, 0.15) is 0 Å². The van der Waals surface area contributed by atoms with Crippen LogP contribution in [0.5, 0.6) is 0 Å². The lowest BCUT2D eigenvalue weighted by molar-refractivity contribution is 1.28. The minimum absolute atomic E-state index is 1.09. The average Bonchev–Trinajstić information content (AvgIpc) is 3.25. The molecule has 0 unspecified atom stereocenters. The van der Waals surface area contributed by atoms with Crippen molar-refractivity contribution in [2.75, 3.05) is 4.90 Å². The van der Waals surface area contributed by atoms with Crippen LogP contribution in [-0.2, 0) is 0 Å². The molecule has 0 aliphatic carbocycles. The number of anilines is 3. The summed E-state index contributed by atoms with van der Waals surface area (Å²) in [6.07, 6.45) is 0. The average molecular weight is 676 g/mol. The monoisotopic (exact) mass is 675 g/mol. The van der Waals surface area contributed by atoms with Crippen LogP contribution in [0.1, 0.15) is 0 Å². The molecule has 0 aromatic heterocycles. The van der Waals surface area contributed by atoms with Crippen molar-refractivity contribution in [1.29, 1.82) is 0 Å². The molecule has 0 spiro atoms. The summed E-state index contributed by atoms with van der Waals surface area (Å²) in [6.45, 7) is 0. The minimum Gasteiger partial charge on any atom is -0.309 e. The molecule has 9 aromatic carbocycles. The van der Waals surface area contributed by atoms with Crippen LogP contribution in [0.15, 0.2) is 224 Å². The van der Waals surface area contributed by atoms with Gasteiger partial charge in [0.25, 0.3) is 0 Å². The quantitative estimate of drug-likeness (QED) is 0.155. The van der Waals surface area contributed by atoms with Crippen LogP contribution in [0.3, 0.4) is 0 Å². The zero-order valence-electron chi connectivity index (χ0n) is 29.3. The number of benzene rings is 9. The molecule has 53 heavy (non-hydrogen) atoms. The maximum Gasteiger partial charge on any atom is 0.0540 e. The summed E-state index contributed by atoms with van der Waals surface area (Å²) in [4.78, 5) is 2.43. The predicted octanol–water partition coefficient (Wildman–Crippen LogP) is 14.6. The van der Waals surface area contributed by atoms with Gasteiger partial charge >= 0.3 is 0 Å². The van der Waals surface area contributed by atoms with E-state index < -0.39 is 0 Å². The summed E-state index contributed by atoms with van der Waals surface area (Å²) in [6, 6.07) is 80.8. The zero-order valence-corrected chi connectivity index (χ0v) is 29.3. The predicted molar refractivity (Wildman–Crippen MR) is 226 cm³/mol. The highest BCUT2D eigenvalue weighted by Crippen LogP contribution is 2.46. The molecule has 0 amide bonds. The third-order valence-corrected chi connectivity index (χ3v) is 10.1. The fourth-order valence-corrected chi connectivity index (χ4v) is 7.49. The fraction of sp³-hybridized carbons (Fsp3) is 0. The van der Waals surface area contributed by atoms with E-state index in [1.165, 1.54) is 60.8 Å². The van der Waals surface area contributed by atoms with Crippen molar-refractivity contribution in [3.8, 4) is 55.6 Å². The molecule has 0 saturated carbocycles. The Kier molecular flexibility index (Phi) is 8.66. The van der Waals surface area contributed by atoms with Crippen molar-refractivity contribution >= 4 is 27.8 Å². The van der Waals surface area contributed by atoms with Crippen LogP contribution >= 0.6 is 0 Å². The van der Waals surface area contributed by atoms with Crippen LogP contribution < -0.4 is 4.90 Å². The van der Waals surface area contributed by atoms with Gasteiger partial charge in [-0.3, -0.25) is 0 Å². The van der Waals surface area contributed by atoms with Gasteiger partial charge in [-0.2, -0.15) is 0 Å². The molecule has 0 saturated heterocycles. The Hall–Kier alpha value is -6.96. The fourth-order valence-electron chi connectivity index (χ4n) is 7.49. The molecule has 0 fully saturated rings. The Morgan fingerprint density at radius 1 is 0.245 bits per heavy atom. The largest absolute Gasteiger partial charge is 0.309 e. The molecule has 0 bridgehead atoms. The van der Waals surface area contributed by atoms with E-state index in [9.17, 15) is 0 Å². The van der Waals surface area contributed by atoms with Crippen molar-refractivity contribution in [3.63, 3.8) is 0 Å². The lowest BCUT2D eigenvalue weighted by atomic mass is 9.94. The smallest absolute Gasteiger partial charge is 0.0540 e. The number of nitrogens with zero attached hydrogens (tertiary/aromatic N) is 1. The third-order valence-electron chi connectivity index (χ3n) is 10.1. The molecular weight excluding hydrogens is 639 g/mol. The normalized spacial score (nSPS) is 11.0. The van der Waals surface area contributed by atoms with Gasteiger partial charge in [-0.25, -0.2) is 0 Å². The number of hydrogen-bond donors (Lipinski definition) is 0. The first-order valence-electron chi connectivity index (χ1n) is 18.2. The standard InChI is InChI=1S/C52H37N/c1-3-16-38(17-4-1)39-32-34-40(35-33-39)43-22-14-25-46(37-43)53(51-30-11-9-27-49(51)42-18-5-2-6-19-42)52-31-12-10-28-50(52)45-24-13-23-44(36-45)48-29-15-21-41-20-7-8-26-47(41)48/h1-37H. The number of para-hydroxylation sites is 2. The van der Waals surface area contributed by atoms with E-state index in [1.54, 1.807) is 0 Å². The molecule has 1 heteroatoms. The third kappa shape index (κ3) is 6.42. The first kappa shape index (κ1) is 32.0. The van der Waals surface area contributed by atoms with Gasteiger partial charge in [-0.1, -0.05) is 194 Å². The van der Waals surface area contributed by atoms with E-state index >= 15 is 0 Å². The van der Waals surface area contributed by atoms with Crippen molar-refractivity contribution in [2.24, 2.45) is 0 Å². The van der Waals surface area contributed by atoms with Crippen molar-refractivity contribution < 1.29 is 0 Å². The molecule has 0 aliphatic heterocycles. The van der Waals surface area contributed by atoms with E-state index in [2.05, 4.69) is 229 Å². The summed E-state index contributed by atoms with van der Waals surface area (Å²) in [5.41, 5.74) is 15.2. The SMILES string of the molecule is c1ccc(-c2ccc(-c3cccc(N(c4ccccc4-c4ccccc4)c4ccccc4-c4cccc(-c5cccc6ccccc56)c4)c3)cc2)cc1. The molecule has 0 heterocycles. The highest BCUT2D eigenvalue weighted by atomic mass is 15.1. The Labute approximate surface area is 311 Å². The van der Waals surface area contributed by atoms with Crippen LogP contribution in [0, 0.1) is 0 Å². The highest BCUT2D eigenvalue weighted by molar-refractivity contribution is 5.99. The molecule has 9 rings (SSSR count). The van der Waals surface area contributed by atoms with Crippen LogP contribution in [0.4, 0.5) is 17.1 Å². The Morgan fingerprint density at radius 2 is 0.679 bits per heavy atom. The lowest BCUT2D eigenvalue weighted by Gasteiger charge is -2.30. The molecule has 0 aliphatic rings. The summed E-state index contributed by atoms with van der Waals surface area (Å²) < 4.78 is 0.